The largest absolute Gasteiger partial charge is 0.463 e. The van der Waals surface area contributed by atoms with Crippen molar-refractivity contribution in [3.05, 3.63) is 46.5 Å². The van der Waals surface area contributed by atoms with Crippen LogP contribution < -0.4 is 11.4 Å². The molecule has 0 spiro atoms. The molecule has 0 unspecified atom stereocenters. The van der Waals surface area contributed by atoms with Crippen molar-refractivity contribution >= 4 is 20.1 Å². The molecule has 2 atom stereocenters. The lowest BCUT2D eigenvalue weighted by molar-refractivity contribution is -0.137. The van der Waals surface area contributed by atoms with Crippen LogP contribution in [0.1, 0.15) is 40.8 Å². The topological polar surface area (TPSA) is 106 Å². The minimum Gasteiger partial charge on any atom is -0.463 e. The maximum absolute atomic E-state index is 12.3. The molecule has 0 aromatic carbocycles. The van der Waals surface area contributed by atoms with Crippen molar-refractivity contribution in [2.45, 2.75) is 65.1 Å². The van der Waals surface area contributed by atoms with E-state index in [2.05, 4.69) is 45.8 Å². The number of hydrogen-bond donors (Lipinski definition) is 1. The SMILES string of the molecule is CCOC(=O)C=CC1=C[C@H](n2ccc(N)nc2=O)O[C@@H]1CO[Si](C)(C)C(C)(C)C(C)C. The van der Waals surface area contributed by atoms with Crippen molar-refractivity contribution in [2.75, 3.05) is 18.9 Å². The van der Waals surface area contributed by atoms with Crippen LogP contribution in [0.15, 0.2) is 40.9 Å². The van der Waals surface area contributed by atoms with Crippen LogP contribution in [0.4, 0.5) is 5.82 Å². The molecule has 1 aliphatic heterocycles. The molecule has 0 aliphatic carbocycles. The molecule has 0 amide bonds. The van der Waals surface area contributed by atoms with Crippen molar-refractivity contribution in [3.8, 4) is 0 Å². The summed E-state index contributed by atoms with van der Waals surface area (Å²) in [5.41, 5.74) is 5.83. The van der Waals surface area contributed by atoms with Gasteiger partial charge in [0.1, 0.15) is 11.9 Å². The number of ether oxygens (including phenoxy) is 2. The van der Waals surface area contributed by atoms with E-state index < -0.39 is 32.3 Å². The first-order valence-electron chi connectivity index (χ1n) is 10.6. The van der Waals surface area contributed by atoms with Gasteiger partial charge in [0.15, 0.2) is 14.5 Å². The molecular formula is C22H35N3O5Si. The summed E-state index contributed by atoms with van der Waals surface area (Å²) in [5, 5.41) is 0.0491. The third kappa shape index (κ3) is 5.93. The Morgan fingerprint density at radius 1 is 1.42 bits per heavy atom. The van der Waals surface area contributed by atoms with E-state index in [0.717, 1.165) is 5.57 Å². The number of nitrogens with two attached hydrogens (primary N) is 1. The second-order valence-corrected chi connectivity index (χ2v) is 13.6. The molecule has 2 N–H and O–H groups in total. The van der Waals surface area contributed by atoms with Crippen molar-refractivity contribution in [1.82, 2.24) is 9.55 Å². The Balaban J connectivity index is 2.26. The average Bonchev–Trinajstić information content (AvgIpc) is 3.07. The molecule has 1 aliphatic rings. The molecule has 0 fully saturated rings. The molecule has 0 bridgehead atoms. The van der Waals surface area contributed by atoms with E-state index >= 15 is 0 Å². The van der Waals surface area contributed by atoms with Crippen LogP contribution in [-0.2, 0) is 18.7 Å². The van der Waals surface area contributed by atoms with Crippen LogP contribution in [0.5, 0.6) is 0 Å². The highest BCUT2D eigenvalue weighted by molar-refractivity contribution is 6.74. The number of nitrogen functional groups attached to an aromatic ring is 1. The van der Waals surface area contributed by atoms with Crippen LogP contribution >= 0.6 is 0 Å². The standard InChI is InChI=1S/C22H35N3O5Si/c1-8-28-20(26)10-9-16-13-19(25-12-11-18(23)24-21(25)27)30-17(16)14-29-31(6,7)22(4,5)15(2)3/h9-13,15,17,19H,8,14H2,1-7H3,(H2,23,24,27)/t17-,19-/m1/s1. The van der Waals surface area contributed by atoms with Gasteiger partial charge in [0.05, 0.1) is 13.2 Å². The Kier molecular flexibility index (Phi) is 8.02. The minimum absolute atomic E-state index is 0.0491. The summed E-state index contributed by atoms with van der Waals surface area (Å²) in [7, 11) is -2.09. The van der Waals surface area contributed by atoms with Crippen LogP contribution in [-0.4, -0.2) is 43.2 Å². The van der Waals surface area contributed by atoms with Gasteiger partial charge in [-0.2, -0.15) is 4.98 Å². The van der Waals surface area contributed by atoms with Gasteiger partial charge < -0.3 is 19.6 Å². The first kappa shape index (κ1) is 25.0. The summed E-state index contributed by atoms with van der Waals surface area (Å²) in [4.78, 5) is 27.8. The van der Waals surface area contributed by atoms with Crippen molar-refractivity contribution in [1.29, 1.82) is 0 Å². The number of carbonyl (C=O) groups is 1. The van der Waals surface area contributed by atoms with Crippen LogP contribution in [0.25, 0.3) is 0 Å². The predicted octanol–water partition coefficient (Wildman–Crippen LogP) is 3.43. The third-order valence-electron chi connectivity index (χ3n) is 6.43. The maximum atomic E-state index is 12.3. The van der Waals surface area contributed by atoms with E-state index in [1.807, 2.05) is 0 Å². The zero-order valence-corrected chi connectivity index (χ0v) is 20.5. The van der Waals surface area contributed by atoms with E-state index in [-0.39, 0.29) is 10.9 Å². The molecule has 9 heteroatoms. The van der Waals surface area contributed by atoms with Gasteiger partial charge in [-0.05, 0) is 54.8 Å². The lowest BCUT2D eigenvalue weighted by atomic mass is 9.99. The van der Waals surface area contributed by atoms with E-state index in [1.165, 1.54) is 16.7 Å². The highest BCUT2D eigenvalue weighted by atomic mass is 28.4. The molecule has 8 nitrogen and oxygen atoms in total. The first-order chi connectivity index (χ1) is 14.4. The Labute approximate surface area is 185 Å². The monoisotopic (exact) mass is 449 g/mol. The van der Waals surface area contributed by atoms with Gasteiger partial charge in [-0.1, -0.05) is 27.7 Å². The molecule has 0 saturated heterocycles. The zero-order chi connectivity index (χ0) is 23.4. The van der Waals surface area contributed by atoms with Crippen LogP contribution in [0, 0.1) is 5.92 Å². The first-order valence-corrected chi connectivity index (χ1v) is 13.5. The van der Waals surface area contributed by atoms with E-state index in [1.54, 1.807) is 25.3 Å². The number of nitrogens with zero attached hydrogens (tertiary/aromatic N) is 2. The molecule has 2 rings (SSSR count). The van der Waals surface area contributed by atoms with Crippen LogP contribution in [0.3, 0.4) is 0 Å². The lowest BCUT2D eigenvalue weighted by Crippen LogP contribution is -2.46. The molecule has 1 aromatic heterocycles. The zero-order valence-electron chi connectivity index (χ0n) is 19.5. The van der Waals surface area contributed by atoms with Gasteiger partial charge in [0.25, 0.3) is 0 Å². The molecule has 2 heterocycles. The number of anilines is 1. The summed E-state index contributed by atoms with van der Waals surface area (Å²) >= 11 is 0. The fourth-order valence-corrected chi connectivity index (χ4v) is 5.47. The smallest absolute Gasteiger partial charge is 0.351 e. The Morgan fingerprint density at radius 3 is 2.68 bits per heavy atom. The molecule has 172 valence electrons. The highest BCUT2D eigenvalue weighted by Gasteiger charge is 2.44. The fraction of sp³-hybridized carbons (Fsp3) is 0.591. The summed E-state index contributed by atoms with van der Waals surface area (Å²) in [6.07, 6.45) is 5.24. The number of carbonyl (C=O) groups excluding carboxylic acids is 1. The number of hydrogen-bond acceptors (Lipinski definition) is 7. The Hall–Kier alpha value is -2.23. The summed E-state index contributed by atoms with van der Waals surface area (Å²) in [5.74, 6) is 0.173. The van der Waals surface area contributed by atoms with E-state index in [9.17, 15) is 9.59 Å². The highest BCUT2D eigenvalue weighted by Crippen LogP contribution is 2.45. The second kappa shape index (κ2) is 9.93. The summed E-state index contributed by atoms with van der Waals surface area (Å²) in [6, 6.07) is 1.54. The number of aromatic nitrogens is 2. The number of esters is 1. The van der Waals surface area contributed by atoms with Crippen molar-refractivity contribution in [2.24, 2.45) is 5.92 Å². The summed E-state index contributed by atoms with van der Waals surface area (Å²) < 4.78 is 18.9. The Bertz CT molecular complexity index is 905. The molecule has 0 saturated carbocycles. The van der Waals surface area contributed by atoms with E-state index in [4.69, 9.17) is 19.6 Å². The Morgan fingerprint density at radius 2 is 2.10 bits per heavy atom. The predicted molar refractivity (Wildman–Crippen MR) is 123 cm³/mol. The van der Waals surface area contributed by atoms with E-state index in [0.29, 0.717) is 19.1 Å². The molecule has 1 aromatic rings. The van der Waals surface area contributed by atoms with Gasteiger partial charge in [-0.15, -0.1) is 0 Å². The molecule has 31 heavy (non-hydrogen) atoms. The minimum atomic E-state index is -2.09. The summed E-state index contributed by atoms with van der Waals surface area (Å²) in [6.45, 7) is 15.6. The van der Waals surface area contributed by atoms with Gasteiger partial charge in [0, 0.05) is 12.3 Å². The van der Waals surface area contributed by atoms with Crippen molar-refractivity contribution in [3.63, 3.8) is 0 Å². The van der Waals surface area contributed by atoms with Crippen LogP contribution in [0.2, 0.25) is 18.1 Å². The fourth-order valence-electron chi connectivity index (χ4n) is 3.14. The maximum Gasteiger partial charge on any atom is 0.351 e. The number of rotatable bonds is 9. The second-order valence-electron chi connectivity index (χ2n) is 9.01. The quantitative estimate of drug-likeness (QED) is 0.350. The molecule has 0 radical (unpaired) electrons. The van der Waals surface area contributed by atoms with Gasteiger partial charge >= 0.3 is 11.7 Å². The van der Waals surface area contributed by atoms with Gasteiger partial charge in [-0.3, -0.25) is 4.57 Å². The normalized spacial score (nSPS) is 19.8. The van der Waals surface area contributed by atoms with Gasteiger partial charge in [-0.25, -0.2) is 9.59 Å². The van der Waals surface area contributed by atoms with Gasteiger partial charge in [0.2, 0.25) is 0 Å². The molecular weight excluding hydrogens is 414 g/mol. The third-order valence-corrected chi connectivity index (χ3v) is 11.0. The average molecular weight is 450 g/mol. The van der Waals surface area contributed by atoms with Crippen molar-refractivity contribution < 1.29 is 18.7 Å². The lowest BCUT2D eigenvalue weighted by Gasteiger charge is -2.43.